The van der Waals surface area contributed by atoms with Gasteiger partial charge in [-0.25, -0.2) is 4.68 Å². The Morgan fingerprint density at radius 1 is 1.38 bits per heavy atom. The number of halogens is 1. The maximum absolute atomic E-state index is 5.90. The molecule has 2 aromatic heterocycles. The maximum atomic E-state index is 5.90. The van der Waals surface area contributed by atoms with Crippen molar-refractivity contribution in [1.82, 2.24) is 19.7 Å². The number of nitrogens with zero attached hydrogens (tertiary/aromatic N) is 4. The largest absolute Gasteiger partial charge is 0.383 e. The summed E-state index contributed by atoms with van der Waals surface area (Å²) in [5.74, 6) is 0.980. The topological polar surface area (TPSA) is 81.6 Å². The number of anilines is 2. The third-order valence-electron chi connectivity index (χ3n) is 2.25. The third kappa shape index (κ3) is 1.68. The van der Waals surface area contributed by atoms with Crippen LogP contribution in [0.2, 0.25) is 0 Å². The molecule has 0 radical (unpaired) electrons. The van der Waals surface area contributed by atoms with E-state index >= 15 is 0 Å². The average Bonchev–Trinajstić information content (AvgIpc) is 2.56. The van der Waals surface area contributed by atoms with Crippen molar-refractivity contribution in [2.24, 2.45) is 0 Å². The van der Waals surface area contributed by atoms with E-state index in [0.717, 1.165) is 14.7 Å². The zero-order chi connectivity index (χ0) is 11.9. The van der Waals surface area contributed by atoms with E-state index in [1.807, 2.05) is 4.68 Å². The molecule has 6 nitrogen and oxygen atoms in total. The lowest BCUT2D eigenvalue weighted by atomic mass is 10.3. The van der Waals surface area contributed by atoms with E-state index in [4.69, 9.17) is 5.73 Å². The molecule has 2 heterocycles. The monoisotopic (exact) mass is 332 g/mol. The highest BCUT2D eigenvalue weighted by Gasteiger charge is 2.16. The van der Waals surface area contributed by atoms with Gasteiger partial charge in [0, 0.05) is 13.1 Å². The number of rotatable bonds is 2. The molecule has 0 fully saturated rings. The SMILES string of the molecule is CNc1nc(N)c2c(I)nn(C(C)C)c2n1. The summed E-state index contributed by atoms with van der Waals surface area (Å²) in [5, 5.41) is 8.14. The van der Waals surface area contributed by atoms with Crippen molar-refractivity contribution >= 4 is 45.4 Å². The number of hydrogen-bond donors (Lipinski definition) is 2. The summed E-state index contributed by atoms with van der Waals surface area (Å²) in [7, 11) is 1.77. The van der Waals surface area contributed by atoms with Gasteiger partial charge in [-0.15, -0.1) is 0 Å². The highest BCUT2D eigenvalue weighted by atomic mass is 127. The Balaban J connectivity index is 2.81. The van der Waals surface area contributed by atoms with Gasteiger partial charge in [-0.1, -0.05) is 0 Å². The Kier molecular flexibility index (Phi) is 2.87. The first-order chi connectivity index (χ1) is 7.54. The third-order valence-corrected chi connectivity index (χ3v) is 3.00. The summed E-state index contributed by atoms with van der Waals surface area (Å²) in [6.07, 6.45) is 0. The Labute approximate surface area is 107 Å². The number of fused-ring (bicyclic) bond motifs is 1. The van der Waals surface area contributed by atoms with Crippen LogP contribution in [0.25, 0.3) is 11.0 Å². The lowest BCUT2D eigenvalue weighted by Crippen LogP contribution is -2.06. The van der Waals surface area contributed by atoms with Crippen LogP contribution in [0.15, 0.2) is 0 Å². The van der Waals surface area contributed by atoms with E-state index in [-0.39, 0.29) is 6.04 Å². The van der Waals surface area contributed by atoms with Gasteiger partial charge in [0.2, 0.25) is 5.95 Å². The molecule has 2 aromatic rings. The molecule has 7 heteroatoms. The predicted octanol–water partition coefficient (Wildman–Crippen LogP) is 1.64. The van der Waals surface area contributed by atoms with Crippen LogP contribution >= 0.6 is 22.6 Å². The molecule has 3 N–H and O–H groups in total. The van der Waals surface area contributed by atoms with Gasteiger partial charge in [-0.05, 0) is 36.4 Å². The second-order valence-corrected chi connectivity index (χ2v) is 4.73. The van der Waals surface area contributed by atoms with Crippen molar-refractivity contribution in [2.75, 3.05) is 18.1 Å². The van der Waals surface area contributed by atoms with E-state index in [0.29, 0.717) is 11.8 Å². The summed E-state index contributed by atoms with van der Waals surface area (Å²) in [6.45, 7) is 4.11. The Bertz CT molecular complexity index is 532. The zero-order valence-electron chi connectivity index (χ0n) is 9.32. The molecule has 0 atom stereocenters. The average molecular weight is 332 g/mol. The van der Waals surface area contributed by atoms with Crippen molar-refractivity contribution in [3.63, 3.8) is 0 Å². The molecule has 0 spiro atoms. The van der Waals surface area contributed by atoms with Gasteiger partial charge < -0.3 is 11.1 Å². The van der Waals surface area contributed by atoms with Crippen LogP contribution in [0.3, 0.4) is 0 Å². The summed E-state index contributed by atoms with van der Waals surface area (Å²) >= 11 is 2.15. The first-order valence-electron chi connectivity index (χ1n) is 4.93. The van der Waals surface area contributed by atoms with Crippen LogP contribution in [0.1, 0.15) is 19.9 Å². The van der Waals surface area contributed by atoms with E-state index in [9.17, 15) is 0 Å². The number of nitrogens with one attached hydrogen (secondary N) is 1. The minimum atomic E-state index is 0.241. The van der Waals surface area contributed by atoms with Gasteiger partial charge in [0.15, 0.2) is 5.65 Å². The van der Waals surface area contributed by atoms with Gasteiger partial charge in [0.25, 0.3) is 0 Å². The number of aromatic nitrogens is 4. The van der Waals surface area contributed by atoms with Crippen molar-refractivity contribution in [3.8, 4) is 0 Å². The molecule has 0 aliphatic carbocycles. The molecule has 0 amide bonds. The van der Waals surface area contributed by atoms with E-state index < -0.39 is 0 Å². The molecule has 0 saturated heterocycles. The molecular formula is C9H13IN6. The van der Waals surface area contributed by atoms with Crippen LogP contribution in [-0.4, -0.2) is 26.8 Å². The standard InChI is InChI=1S/C9H13IN6/c1-4(2)16-8-5(6(10)15-16)7(11)13-9(12-3)14-8/h4H,1-3H3,(H3,11,12,13,14). The Hall–Kier alpha value is -1.12. The predicted molar refractivity (Wildman–Crippen MR) is 72.4 cm³/mol. The minimum Gasteiger partial charge on any atom is -0.383 e. The van der Waals surface area contributed by atoms with E-state index in [2.05, 4.69) is 56.8 Å². The molecule has 86 valence electrons. The first kappa shape index (κ1) is 11.4. The van der Waals surface area contributed by atoms with Gasteiger partial charge >= 0.3 is 0 Å². The normalized spacial score (nSPS) is 11.3. The maximum Gasteiger partial charge on any atom is 0.226 e. The fourth-order valence-corrected chi connectivity index (χ4v) is 2.24. The van der Waals surface area contributed by atoms with Crippen LogP contribution in [0.5, 0.6) is 0 Å². The van der Waals surface area contributed by atoms with Crippen LogP contribution < -0.4 is 11.1 Å². The van der Waals surface area contributed by atoms with Gasteiger partial charge in [0.1, 0.15) is 9.52 Å². The van der Waals surface area contributed by atoms with E-state index in [1.54, 1.807) is 7.05 Å². The fraction of sp³-hybridized carbons (Fsp3) is 0.444. The summed E-state index contributed by atoms with van der Waals surface area (Å²) in [4.78, 5) is 8.54. The molecule has 0 unspecified atom stereocenters. The molecule has 0 saturated carbocycles. The van der Waals surface area contributed by atoms with Gasteiger partial charge in [0.05, 0.1) is 5.39 Å². The molecule has 0 aliphatic rings. The molecular weight excluding hydrogens is 319 g/mol. The quantitative estimate of drug-likeness (QED) is 0.817. The smallest absolute Gasteiger partial charge is 0.226 e. The molecule has 0 aromatic carbocycles. The van der Waals surface area contributed by atoms with E-state index in [1.165, 1.54) is 0 Å². The van der Waals surface area contributed by atoms with Crippen molar-refractivity contribution in [3.05, 3.63) is 3.70 Å². The van der Waals surface area contributed by atoms with Crippen LogP contribution in [0, 0.1) is 3.70 Å². The van der Waals surface area contributed by atoms with Crippen molar-refractivity contribution < 1.29 is 0 Å². The molecule has 2 rings (SSSR count). The Morgan fingerprint density at radius 2 is 2.06 bits per heavy atom. The second kappa shape index (κ2) is 4.04. The Morgan fingerprint density at radius 3 is 2.62 bits per heavy atom. The van der Waals surface area contributed by atoms with Gasteiger partial charge in [-0.3, -0.25) is 0 Å². The van der Waals surface area contributed by atoms with Gasteiger partial charge in [-0.2, -0.15) is 15.1 Å². The number of nitrogens with two attached hydrogens (primary N) is 1. The van der Waals surface area contributed by atoms with Crippen LogP contribution in [-0.2, 0) is 0 Å². The van der Waals surface area contributed by atoms with Crippen molar-refractivity contribution in [2.45, 2.75) is 19.9 Å². The molecule has 16 heavy (non-hydrogen) atoms. The summed E-state index contributed by atoms with van der Waals surface area (Å²) in [6, 6.07) is 0.241. The van der Waals surface area contributed by atoms with Crippen LogP contribution in [0.4, 0.5) is 11.8 Å². The summed E-state index contributed by atoms with van der Waals surface area (Å²) < 4.78 is 2.69. The minimum absolute atomic E-state index is 0.241. The number of nitrogen functional groups attached to an aromatic ring is 1. The number of hydrogen-bond acceptors (Lipinski definition) is 5. The highest BCUT2D eigenvalue weighted by Crippen LogP contribution is 2.26. The highest BCUT2D eigenvalue weighted by molar-refractivity contribution is 14.1. The fourth-order valence-electron chi connectivity index (χ4n) is 1.49. The molecule has 0 bridgehead atoms. The lowest BCUT2D eigenvalue weighted by molar-refractivity contribution is 0.543. The summed E-state index contributed by atoms with van der Waals surface area (Å²) in [5.41, 5.74) is 6.67. The van der Waals surface area contributed by atoms with Crippen molar-refractivity contribution in [1.29, 1.82) is 0 Å². The molecule has 0 aliphatic heterocycles. The zero-order valence-corrected chi connectivity index (χ0v) is 11.5. The second-order valence-electron chi connectivity index (χ2n) is 3.71. The lowest BCUT2D eigenvalue weighted by Gasteiger charge is -2.07. The first-order valence-corrected chi connectivity index (χ1v) is 6.01.